The van der Waals surface area contributed by atoms with Crippen molar-refractivity contribution in [3.8, 4) is 0 Å². The van der Waals surface area contributed by atoms with Gasteiger partial charge in [-0.2, -0.15) is 17.5 Å². The third kappa shape index (κ3) is 5.80. The zero-order chi connectivity index (χ0) is 20.9. The lowest BCUT2D eigenvalue weighted by Gasteiger charge is -2.31. The number of sulfonamides is 1. The summed E-state index contributed by atoms with van der Waals surface area (Å²) in [7, 11) is -3.34. The van der Waals surface area contributed by atoms with E-state index in [0.29, 0.717) is 42.7 Å². The van der Waals surface area contributed by atoms with Crippen LogP contribution in [0.1, 0.15) is 30.5 Å². The number of nitrogens with one attached hydrogen (secondary N) is 1. The van der Waals surface area contributed by atoms with Gasteiger partial charge in [-0.05, 0) is 32.6 Å². The maximum atomic E-state index is 12.7. The summed E-state index contributed by atoms with van der Waals surface area (Å²) in [5, 5.41) is 6.18. The molecule has 0 saturated carbocycles. The van der Waals surface area contributed by atoms with Crippen LogP contribution in [0, 0.1) is 12.8 Å². The maximum Gasteiger partial charge on any atom is 0.511 e. The van der Waals surface area contributed by atoms with E-state index < -0.39 is 15.5 Å². The molecule has 1 aromatic heterocycles. The minimum Gasteiger partial charge on any atom is -0.357 e. The predicted molar refractivity (Wildman–Crippen MR) is 104 cm³/mol. The molecule has 0 spiro atoms. The van der Waals surface area contributed by atoms with E-state index in [0.717, 1.165) is 10.7 Å². The van der Waals surface area contributed by atoms with Crippen LogP contribution in [0.3, 0.4) is 0 Å². The van der Waals surface area contributed by atoms with Crippen molar-refractivity contribution in [2.24, 2.45) is 10.9 Å². The average molecular weight is 442 g/mol. The predicted octanol–water partition coefficient (Wildman–Crippen LogP) is 2.41. The Morgan fingerprint density at radius 3 is 2.57 bits per heavy atom. The largest absolute Gasteiger partial charge is 0.511 e. The Balaban J connectivity index is 1.93. The molecular formula is C16H26F3N5O2S2. The Labute approximate surface area is 167 Å². The minimum absolute atomic E-state index is 0.0447. The van der Waals surface area contributed by atoms with Gasteiger partial charge in [0.25, 0.3) is 0 Å². The molecule has 1 N–H and O–H groups in total. The Hall–Kier alpha value is -1.40. The topological polar surface area (TPSA) is 77.9 Å². The molecule has 0 bridgehead atoms. The lowest BCUT2D eigenvalue weighted by atomic mass is 9.98. The molecule has 2 rings (SSSR count). The normalized spacial score (nSPS) is 17.7. The highest BCUT2D eigenvalue weighted by atomic mass is 32.2. The van der Waals surface area contributed by atoms with E-state index in [-0.39, 0.29) is 19.0 Å². The Kier molecular flexibility index (Phi) is 7.68. The van der Waals surface area contributed by atoms with E-state index in [4.69, 9.17) is 0 Å². The van der Waals surface area contributed by atoms with E-state index in [1.165, 1.54) is 0 Å². The average Bonchev–Trinajstić information content (AvgIpc) is 3.02. The van der Waals surface area contributed by atoms with Crippen molar-refractivity contribution in [1.82, 2.24) is 19.5 Å². The van der Waals surface area contributed by atoms with Crippen molar-refractivity contribution in [2.45, 2.75) is 38.7 Å². The fourth-order valence-corrected chi connectivity index (χ4v) is 4.55. The molecule has 12 heteroatoms. The molecule has 7 nitrogen and oxygen atoms in total. The molecule has 1 fully saturated rings. The lowest BCUT2D eigenvalue weighted by Crippen LogP contribution is -2.45. The zero-order valence-electron chi connectivity index (χ0n) is 16.2. The summed E-state index contributed by atoms with van der Waals surface area (Å²) < 4.78 is 61.4. The zero-order valence-corrected chi connectivity index (χ0v) is 17.8. The van der Waals surface area contributed by atoms with E-state index in [9.17, 15) is 21.6 Å². The molecule has 160 valence electrons. The summed E-state index contributed by atoms with van der Waals surface area (Å²) in [5.74, 6) is 0.738. The molecule has 28 heavy (non-hydrogen) atoms. The number of aryl methyl sites for hydroxylation is 1. The first-order chi connectivity index (χ1) is 13.0. The van der Waals surface area contributed by atoms with E-state index in [2.05, 4.69) is 15.3 Å². The number of piperidine rings is 1. The summed E-state index contributed by atoms with van der Waals surface area (Å²) in [6.45, 7) is 5.34. The van der Waals surface area contributed by atoms with Gasteiger partial charge in [0.2, 0.25) is 0 Å². The number of halogens is 3. The number of alkyl halides is 3. The van der Waals surface area contributed by atoms with Gasteiger partial charge in [0.15, 0.2) is 5.96 Å². The maximum absolute atomic E-state index is 12.7. The van der Waals surface area contributed by atoms with Crippen molar-refractivity contribution in [3.63, 3.8) is 0 Å². The van der Waals surface area contributed by atoms with Crippen LogP contribution in [0.2, 0.25) is 0 Å². The minimum atomic E-state index is -5.24. The van der Waals surface area contributed by atoms with Gasteiger partial charge < -0.3 is 10.2 Å². The highest BCUT2D eigenvalue weighted by Gasteiger charge is 2.50. The van der Waals surface area contributed by atoms with Gasteiger partial charge >= 0.3 is 15.5 Å². The lowest BCUT2D eigenvalue weighted by molar-refractivity contribution is -0.0496. The second-order valence-electron chi connectivity index (χ2n) is 6.70. The fraction of sp³-hybridized carbons (Fsp3) is 0.750. The SMILES string of the molecule is CCNC(=NCC1CCN(S(=O)(=O)C(F)(F)F)CC1)N(C)Cc1csc(C)n1. The highest BCUT2D eigenvalue weighted by Crippen LogP contribution is 2.30. The third-order valence-corrected chi connectivity index (χ3v) is 6.92. The van der Waals surface area contributed by atoms with Crippen LogP contribution < -0.4 is 5.32 Å². The van der Waals surface area contributed by atoms with Crippen LogP contribution in [-0.4, -0.2) is 67.3 Å². The van der Waals surface area contributed by atoms with Crippen LogP contribution >= 0.6 is 11.3 Å². The van der Waals surface area contributed by atoms with Gasteiger partial charge in [0, 0.05) is 38.6 Å². The van der Waals surface area contributed by atoms with Crippen molar-refractivity contribution < 1.29 is 21.6 Å². The number of rotatable bonds is 6. The van der Waals surface area contributed by atoms with Crippen LogP contribution in [-0.2, 0) is 16.6 Å². The second-order valence-corrected chi connectivity index (χ2v) is 9.69. The summed E-state index contributed by atoms with van der Waals surface area (Å²) in [5.41, 5.74) is -4.30. The van der Waals surface area contributed by atoms with E-state index in [1.807, 2.05) is 31.2 Å². The summed E-state index contributed by atoms with van der Waals surface area (Å²) >= 11 is 1.58. The van der Waals surface area contributed by atoms with Crippen molar-refractivity contribution in [1.29, 1.82) is 0 Å². The number of nitrogens with zero attached hydrogens (tertiary/aromatic N) is 4. The molecular weight excluding hydrogens is 415 g/mol. The number of guanidine groups is 1. The summed E-state index contributed by atoms with van der Waals surface area (Å²) in [6.07, 6.45) is 0.709. The number of aliphatic imine (C=N–C) groups is 1. The molecule has 0 atom stereocenters. The van der Waals surface area contributed by atoms with Gasteiger partial charge in [-0.1, -0.05) is 0 Å². The van der Waals surface area contributed by atoms with E-state index >= 15 is 0 Å². The molecule has 0 radical (unpaired) electrons. The van der Waals surface area contributed by atoms with Crippen LogP contribution in [0.5, 0.6) is 0 Å². The molecule has 1 aliphatic rings. The van der Waals surface area contributed by atoms with Crippen LogP contribution in [0.25, 0.3) is 0 Å². The first-order valence-electron chi connectivity index (χ1n) is 9.01. The van der Waals surface area contributed by atoms with Crippen LogP contribution in [0.15, 0.2) is 10.4 Å². The number of thiazole rings is 1. The fourth-order valence-electron chi connectivity index (χ4n) is 2.96. The van der Waals surface area contributed by atoms with Gasteiger partial charge in [-0.3, -0.25) is 4.99 Å². The summed E-state index contributed by atoms with van der Waals surface area (Å²) in [4.78, 5) is 11.0. The van der Waals surface area contributed by atoms with E-state index in [1.54, 1.807) is 11.3 Å². The van der Waals surface area contributed by atoms with Crippen molar-refractivity contribution in [3.05, 3.63) is 16.1 Å². The number of aromatic nitrogens is 1. The molecule has 1 saturated heterocycles. The first kappa shape index (κ1) is 22.9. The molecule has 2 heterocycles. The molecule has 0 aromatic carbocycles. The smallest absolute Gasteiger partial charge is 0.357 e. The van der Waals surface area contributed by atoms with Gasteiger partial charge in [-0.25, -0.2) is 13.4 Å². The Morgan fingerprint density at radius 2 is 2.07 bits per heavy atom. The Morgan fingerprint density at radius 1 is 1.43 bits per heavy atom. The number of hydrogen-bond donors (Lipinski definition) is 1. The van der Waals surface area contributed by atoms with Gasteiger partial charge in [-0.15, -0.1) is 11.3 Å². The third-order valence-electron chi connectivity index (χ3n) is 4.47. The molecule has 1 aromatic rings. The standard InChI is InChI=1S/C16H26F3N5O2S2/c1-4-20-15(23(3)10-14-11-27-12(2)22-14)21-9-13-5-7-24(8-6-13)28(25,26)16(17,18)19/h11,13H,4-10H2,1-3H3,(H,20,21). The Bertz CT molecular complexity index is 771. The molecule has 1 aliphatic heterocycles. The second kappa shape index (κ2) is 9.40. The van der Waals surface area contributed by atoms with Crippen molar-refractivity contribution in [2.75, 3.05) is 33.2 Å². The van der Waals surface area contributed by atoms with Crippen LogP contribution in [0.4, 0.5) is 13.2 Å². The molecule has 0 amide bonds. The molecule has 0 aliphatic carbocycles. The molecule has 0 unspecified atom stereocenters. The van der Waals surface area contributed by atoms with Crippen molar-refractivity contribution >= 4 is 27.3 Å². The quantitative estimate of drug-likeness (QED) is 0.542. The number of hydrogen-bond acceptors (Lipinski definition) is 5. The van der Waals surface area contributed by atoms with Gasteiger partial charge in [0.1, 0.15) is 0 Å². The first-order valence-corrected chi connectivity index (χ1v) is 11.3. The highest BCUT2D eigenvalue weighted by molar-refractivity contribution is 7.90. The van der Waals surface area contributed by atoms with Gasteiger partial charge in [0.05, 0.1) is 17.2 Å². The summed E-state index contributed by atoms with van der Waals surface area (Å²) in [6, 6.07) is 0. The monoisotopic (exact) mass is 441 g/mol.